The molecule has 146 valence electrons. The number of carbonyl (C=O) groups is 1. The van der Waals surface area contributed by atoms with Gasteiger partial charge in [-0.3, -0.25) is 4.79 Å². The minimum absolute atomic E-state index is 0.0736. The normalized spacial score (nSPS) is 12.4. The highest BCUT2D eigenvalue weighted by molar-refractivity contribution is 5.80. The lowest BCUT2D eigenvalue weighted by Gasteiger charge is -2.20. The van der Waals surface area contributed by atoms with E-state index in [2.05, 4.69) is 36.2 Å². The molecule has 28 heavy (non-hydrogen) atoms. The zero-order chi connectivity index (χ0) is 20.1. The highest BCUT2D eigenvalue weighted by Crippen LogP contribution is 2.24. The molecule has 1 N–H and O–H groups in total. The van der Waals surface area contributed by atoms with E-state index in [0.717, 1.165) is 5.56 Å². The predicted molar refractivity (Wildman–Crippen MR) is 107 cm³/mol. The van der Waals surface area contributed by atoms with Crippen molar-refractivity contribution in [3.63, 3.8) is 0 Å². The Kier molecular flexibility index (Phi) is 5.78. The number of ether oxygens (including phenoxy) is 1. The van der Waals surface area contributed by atoms with Crippen molar-refractivity contribution >= 4 is 5.91 Å². The lowest BCUT2D eigenvalue weighted by molar-refractivity contribution is -0.127. The molecule has 1 heterocycles. The molecule has 6 heteroatoms. The molecule has 1 amide bonds. The van der Waals surface area contributed by atoms with Gasteiger partial charge in [0.1, 0.15) is 5.75 Å². The van der Waals surface area contributed by atoms with Gasteiger partial charge >= 0.3 is 0 Å². The number of amides is 1. The minimum atomic E-state index is -0.642. The lowest BCUT2D eigenvalue weighted by Crippen LogP contribution is -2.36. The molecule has 1 aromatic heterocycles. The van der Waals surface area contributed by atoms with E-state index in [1.54, 1.807) is 6.92 Å². The van der Waals surface area contributed by atoms with Crippen LogP contribution in [0, 0.1) is 0 Å². The Morgan fingerprint density at radius 2 is 1.79 bits per heavy atom. The summed E-state index contributed by atoms with van der Waals surface area (Å²) < 4.78 is 10.9. The highest BCUT2D eigenvalue weighted by atomic mass is 16.5. The molecule has 0 fully saturated rings. The molecule has 0 aliphatic heterocycles. The zero-order valence-electron chi connectivity index (χ0n) is 16.6. The molecule has 2 aromatic carbocycles. The van der Waals surface area contributed by atoms with Crippen LogP contribution in [0.15, 0.2) is 59.1 Å². The van der Waals surface area contributed by atoms with Gasteiger partial charge in [-0.1, -0.05) is 68.4 Å². The number of rotatable bonds is 6. The first-order chi connectivity index (χ1) is 13.3. The average Bonchev–Trinajstić information content (AvgIpc) is 3.15. The number of carbonyl (C=O) groups excluding carboxylic acids is 1. The van der Waals surface area contributed by atoms with Gasteiger partial charge in [-0.2, -0.15) is 4.98 Å². The first kappa shape index (κ1) is 19.6. The third-order valence-corrected chi connectivity index (χ3v) is 4.32. The molecule has 0 aliphatic rings. The van der Waals surface area contributed by atoms with Crippen LogP contribution >= 0.6 is 0 Å². The van der Waals surface area contributed by atoms with E-state index in [1.807, 2.05) is 54.6 Å². The van der Waals surface area contributed by atoms with Crippen LogP contribution in [-0.4, -0.2) is 22.2 Å². The fraction of sp³-hybridized carbons (Fsp3) is 0.318. The molecular weight excluding hydrogens is 354 g/mol. The van der Waals surface area contributed by atoms with Gasteiger partial charge in [-0.15, -0.1) is 0 Å². The molecule has 0 saturated carbocycles. The largest absolute Gasteiger partial charge is 0.481 e. The molecule has 0 saturated heterocycles. The summed E-state index contributed by atoms with van der Waals surface area (Å²) in [5.41, 5.74) is 2.14. The van der Waals surface area contributed by atoms with Crippen LogP contribution in [0.2, 0.25) is 0 Å². The second-order valence-electron chi connectivity index (χ2n) is 7.63. The smallest absolute Gasteiger partial charge is 0.261 e. The summed E-state index contributed by atoms with van der Waals surface area (Å²) >= 11 is 0. The Bertz CT molecular complexity index is 912. The Balaban J connectivity index is 1.53. The van der Waals surface area contributed by atoms with Crippen molar-refractivity contribution in [3.05, 3.63) is 66.1 Å². The van der Waals surface area contributed by atoms with Gasteiger partial charge in [-0.05, 0) is 30.0 Å². The van der Waals surface area contributed by atoms with E-state index in [4.69, 9.17) is 9.26 Å². The molecule has 0 unspecified atom stereocenters. The van der Waals surface area contributed by atoms with E-state index in [-0.39, 0.29) is 17.9 Å². The molecule has 0 spiro atoms. The van der Waals surface area contributed by atoms with Gasteiger partial charge in [0.25, 0.3) is 5.91 Å². The predicted octanol–water partition coefficient (Wildman–Crippen LogP) is 4.12. The summed E-state index contributed by atoms with van der Waals surface area (Å²) in [6.45, 7) is 8.31. The number of nitrogens with zero attached hydrogens (tertiary/aromatic N) is 2. The molecule has 0 bridgehead atoms. The molecule has 0 radical (unpaired) electrons. The van der Waals surface area contributed by atoms with Crippen molar-refractivity contribution < 1.29 is 14.1 Å². The van der Waals surface area contributed by atoms with E-state index in [1.165, 1.54) is 5.56 Å². The topological polar surface area (TPSA) is 77.2 Å². The van der Waals surface area contributed by atoms with Crippen LogP contribution in [0.5, 0.6) is 5.75 Å². The third-order valence-electron chi connectivity index (χ3n) is 4.32. The van der Waals surface area contributed by atoms with Crippen molar-refractivity contribution in [2.45, 2.75) is 45.8 Å². The molecule has 0 aliphatic carbocycles. The Morgan fingerprint density at radius 3 is 2.43 bits per heavy atom. The van der Waals surface area contributed by atoms with Crippen LogP contribution in [-0.2, 0) is 16.8 Å². The van der Waals surface area contributed by atoms with Gasteiger partial charge in [-0.25, -0.2) is 0 Å². The molecular formula is C22H25N3O3. The standard InChI is InChI=1S/C22H25N3O3/c1-15(27-18-12-10-17(11-13-18)22(2,3)4)21(26)23-14-19-24-20(25-28-19)16-8-6-5-7-9-16/h5-13,15H,14H2,1-4H3,(H,23,26)/t15-/m0/s1. The summed E-state index contributed by atoms with van der Waals surface area (Å²) in [6, 6.07) is 17.3. The number of hydrogen-bond acceptors (Lipinski definition) is 5. The molecule has 3 rings (SSSR count). The van der Waals surface area contributed by atoms with Gasteiger partial charge in [0.05, 0.1) is 6.54 Å². The molecule has 1 atom stereocenters. The quantitative estimate of drug-likeness (QED) is 0.697. The Morgan fingerprint density at radius 1 is 1.11 bits per heavy atom. The van der Waals surface area contributed by atoms with E-state index < -0.39 is 6.10 Å². The maximum Gasteiger partial charge on any atom is 0.261 e. The maximum atomic E-state index is 12.3. The van der Waals surface area contributed by atoms with Crippen LogP contribution in [0.25, 0.3) is 11.4 Å². The Labute approximate surface area is 164 Å². The van der Waals surface area contributed by atoms with Crippen molar-refractivity contribution in [2.24, 2.45) is 0 Å². The fourth-order valence-electron chi connectivity index (χ4n) is 2.63. The van der Waals surface area contributed by atoms with Crippen molar-refractivity contribution in [2.75, 3.05) is 0 Å². The lowest BCUT2D eigenvalue weighted by atomic mass is 9.87. The fourth-order valence-corrected chi connectivity index (χ4v) is 2.63. The number of benzene rings is 2. The summed E-state index contributed by atoms with van der Waals surface area (Å²) in [6.07, 6.45) is -0.642. The highest BCUT2D eigenvalue weighted by Gasteiger charge is 2.17. The monoisotopic (exact) mass is 379 g/mol. The maximum absolute atomic E-state index is 12.3. The van der Waals surface area contributed by atoms with Gasteiger partial charge < -0.3 is 14.6 Å². The van der Waals surface area contributed by atoms with Crippen molar-refractivity contribution in [3.8, 4) is 17.1 Å². The van der Waals surface area contributed by atoms with E-state index >= 15 is 0 Å². The number of aromatic nitrogens is 2. The van der Waals surface area contributed by atoms with Gasteiger partial charge in [0.2, 0.25) is 11.7 Å². The third kappa shape index (κ3) is 4.97. The summed E-state index contributed by atoms with van der Waals surface area (Å²) in [4.78, 5) is 16.6. The van der Waals surface area contributed by atoms with Gasteiger partial charge in [0, 0.05) is 5.56 Å². The second-order valence-corrected chi connectivity index (χ2v) is 7.63. The summed E-state index contributed by atoms with van der Waals surface area (Å²) in [5, 5.41) is 6.70. The van der Waals surface area contributed by atoms with Crippen molar-refractivity contribution in [1.29, 1.82) is 0 Å². The van der Waals surface area contributed by atoms with Crippen LogP contribution in [0.1, 0.15) is 39.1 Å². The van der Waals surface area contributed by atoms with Crippen LogP contribution < -0.4 is 10.1 Å². The summed E-state index contributed by atoms with van der Waals surface area (Å²) in [5.74, 6) is 1.24. The zero-order valence-corrected chi connectivity index (χ0v) is 16.6. The van der Waals surface area contributed by atoms with E-state index in [9.17, 15) is 4.79 Å². The van der Waals surface area contributed by atoms with E-state index in [0.29, 0.717) is 17.5 Å². The molecule has 3 aromatic rings. The number of hydrogen-bond donors (Lipinski definition) is 1. The Hall–Kier alpha value is -3.15. The van der Waals surface area contributed by atoms with Crippen LogP contribution in [0.4, 0.5) is 0 Å². The van der Waals surface area contributed by atoms with Crippen molar-refractivity contribution in [1.82, 2.24) is 15.5 Å². The summed E-state index contributed by atoms with van der Waals surface area (Å²) in [7, 11) is 0. The SMILES string of the molecule is C[C@H](Oc1ccc(C(C)(C)C)cc1)C(=O)NCc1nc(-c2ccccc2)no1. The number of nitrogens with one attached hydrogen (secondary N) is 1. The molecule has 6 nitrogen and oxygen atoms in total. The first-order valence-corrected chi connectivity index (χ1v) is 9.26. The minimum Gasteiger partial charge on any atom is -0.481 e. The van der Waals surface area contributed by atoms with Gasteiger partial charge in [0.15, 0.2) is 6.10 Å². The first-order valence-electron chi connectivity index (χ1n) is 9.26. The second kappa shape index (κ2) is 8.25. The van der Waals surface area contributed by atoms with Crippen LogP contribution in [0.3, 0.4) is 0 Å². The average molecular weight is 379 g/mol.